The molecule has 3 unspecified atom stereocenters. The molecule has 0 amide bonds. The number of carbonyl (C=O) groups is 2. The summed E-state index contributed by atoms with van der Waals surface area (Å²) in [5.74, 6) is -2.43. The number of nitrogens with one attached hydrogen (secondary N) is 1. The van der Waals surface area contributed by atoms with Crippen molar-refractivity contribution in [3.05, 3.63) is 125 Å². The molecule has 0 spiro atoms. The molecule has 3 aromatic carbocycles. The second kappa shape index (κ2) is 17.2. The molecular formula is C41H40F6N2O7. The van der Waals surface area contributed by atoms with Crippen LogP contribution in [0.5, 0.6) is 0 Å². The zero-order chi connectivity index (χ0) is 40.8. The minimum atomic E-state index is -4.46. The third-order valence-electron chi connectivity index (χ3n) is 9.84. The highest BCUT2D eigenvalue weighted by molar-refractivity contribution is 5.93. The molecule has 0 radical (unpaired) electrons. The zero-order valence-electron chi connectivity index (χ0n) is 30.3. The van der Waals surface area contributed by atoms with Crippen LogP contribution in [0.1, 0.15) is 48.1 Å². The summed E-state index contributed by atoms with van der Waals surface area (Å²) in [5, 5.41) is 30.4. The van der Waals surface area contributed by atoms with E-state index in [1.807, 2.05) is 38.1 Å². The van der Waals surface area contributed by atoms with E-state index in [0.29, 0.717) is 42.8 Å². The average Bonchev–Trinajstić information content (AvgIpc) is 3.83. The molecule has 2 aliphatic heterocycles. The van der Waals surface area contributed by atoms with Crippen LogP contribution in [0.25, 0.3) is 27.5 Å². The second-order valence-electron chi connectivity index (χ2n) is 13.7. The Morgan fingerprint density at radius 3 is 1.96 bits per heavy atom. The smallest absolute Gasteiger partial charge is 0.417 e. The Labute approximate surface area is 317 Å². The standard InChI is InChI=1S/C22H22F3NO2.C15H14F3NO.C4H4O4/c1-15-13-26(14-16-5-3-2-4-6-16)11-10-21(15,27)19-8-7-18(22(23,24)25)17-9-12-28-20(17)19;1-9-8-19-6-4-10(9)11-2-3-13(15(16,17)18)12-5-7-20-14(11)12;5-3(6)1-2-4(7)8/h2-9,12,15,27H,10-11,13-14H2,1H3;2-5,7,9,19H,6,8H2,1H3;1-2H,(H,5,6)(H,7,8)/b;;2-1+. The van der Waals surface area contributed by atoms with Gasteiger partial charge in [-0.3, -0.25) is 4.90 Å². The SMILES string of the molecule is CC1CN(Cc2ccccc2)CCC1(O)c1ccc(C(F)(F)F)c2ccoc12.CC1CNCC=C1c1ccc(C(F)(F)F)c2ccoc12.O=C(O)/C=C/C(=O)O. The molecule has 2 aromatic heterocycles. The van der Waals surface area contributed by atoms with Crippen LogP contribution in [-0.4, -0.2) is 58.3 Å². The monoisotopic (exact) mass is 786 g/mol. The van der Waals surface area contributed by atoms with Crippen LogP contribution in [0.3, 0.4) is 0 Å². The van der Waals surface area contributed by atoms with E-state index in [0.717, 1.165) is 42.9 Å². The molecule has 2 aliphatic rings. The van der Waals surface area contributed by atoms with Gasteiger partial charge in [0.1, 0.15) is 11.2 Å². The summed E-state index contributed by atoms with van der Waals surface area (Å²) < 4.78 is 89.5. The quantitative estimate of drug-likeness (QED) is 0.0983. The van der Waals surface area contributed by atoms with Crippen molar-refractivity contribution in [1.82, 2.24) is 10.2 Å². The summed E-state index contributed by atoms with van der Waals surface area (Å²) in [6.07, 6.45) is -2.70. The van der Waals surface area contributed by atoms with E-state index < -0.39 is 41.0 Å². The van der Waals surface area contributed by atoms with Crippen molar-refractivity contribution in [2.45, 2.75) is 44.8 Å². The van der Waals surface area contributed by atoms with Gasteiger partial charge in [-0.25, -0.2) is 9.59 Å². The zero-order valence-corrected chi connectivity index (χ0v) is 30.3. The number of hydrogen-bond donors (Lipinski definition) is 4. The number of piperidine rings is 1. The van der Waals surface area contributed by atoms with Crippen LogP contribution in [0.15, 0.2) is 106 Å². The predicted molar refractivity (Wildman–Crippen MR) is 196 cm³/mol. The van der Waals surface area contributed by atoms with Crippen LogP contribution in [0.2, 0.25) is 0 Å². The fourth-order valence-electron chi connectivity index (χ4n) is 7.09. The minimum absolute atomic E-state index is 0.00246. The number of hydrogen-bond acceptors (Lipinski definition) is 7. The first-order valence-corrected chi connectivity index (χ1v) is 17.6. The van der Waals surface area contributed by atoms with Gasteiger partial charge in [0.05, 0.1) is 29.3 Å². The van der Waals surface area contributed by atoms with Gasteiger partial charge in [0.2, 0.25) is 0 Å². The molecule has 4 heterocycles. The summed E-state index contributed by atoms with van der Waals surface area (Å²) in [5.41, 5.74) is 1.26. The maximum Gasteiger partial charge on any atom is 0.417 e. The van der Waals surface area contributed by atoms with Crippen LogP contribution in [0, 0.1) is 11.8 Å². The van der Waals surface area contributed by atoms with Gasteiger partial charge in [-0.1, -0.05) is 62.4 Å². The first-order chi connectivity index (χ1) is 26.4. The van der Waals surface area contributed by atoms with Crippen LogP contribution in [0.4, 0.5) is 26.3 Å². The number of carboxylic acids is 2. The highest BCUT2D eigenvalue weighted by Gasteiger charge is 2.43. The third-order valence-corrected chi connectivity index (χ3v) is 9.84. The molecule has 0 aliphatic carbocycles. The fourth-order valence-corrected chi connectivity index (χ4v) is 7.09. The van der Waals surface area contributed by atoms with E-state index >= 15 is 0 Å². The van der Waals surface area contributed by atoms with Crippen LogP contribution < -0.4 is 5.32 Å². The normalized spacial score (nSPS) is 20.6. The van der Waals surface area contributed by atoms with Gasteiger partial charge in [0.25, 0.3) is 0 Å². The summed E-state index contributed by atoms with van der Waals surface area (Å²) in [6.45, 7) is 7.60. The molecule has 1 fully saturated rings. The van der Waals surface area contributed by atoms with E-state index in [9.17, 15) is 41.0 Å². The number of nitrogens with zero attached hydrogens (tertiary/aromatic N) is 1. The molecule has 4 N–H and O–H groups in total. The second-order valence-corrected chi connectivity index (χ2v) is 13.7. The lowest BCUT2D eigenvalue weighted by atomic mass is 9.76. The molecule has 3 atom stereocenters. The van der Waals surface area contributed by atoms with E-state index in [1.165, 1.54) is 42.4 Å². The highest BCUT2D eigenvalue weighted by Crippen LogP contribution is 2.44. The summed E-state index contributed by atoms with van der Waals surface area (Å²) in [4.78, 5) is 21.4. The predicted octanol–water partition coefficient (Wildman–Crippen LogP) is 8.97. The third kappa shape index (κ3) is 9.70. The molecule has 7 rings (SSSR count). The number of likely N-dealkylation sites (tertiary alicyclic amines) is 1. The van der Waals surface area contributed by atoms with E-state index in [1.54, 1.807) is 0 Å². The largest absolute Gasteiger partial charge is 0.478 e. The lowest BCUT2D eigenvalue weighted by Crippen LogP contribution is -2.48. The molecule has 9 nitrogen and oxygen atoms in total. The molecule has 56 heavy (non-hydrogen) atoms. The number of fused-ring (bicyclic) bond motifs is 2. The number of rotatable bonds is 6. The lowest BCUT2D eigenvalue weighted by molar-refractivity contribution is -0.137. The fraction of sp³-hybridized carbons (Fsp3) is 0.317. The number of aliphatic hydroxyl groups is 1. The minimum Gasteiger partial charge on any atom is -0.478 e. The van der Waals surface area contributed by atoms with E-state index in [4.69, 9.17) is 19.0 Å². The number of aliphatic carboxylic acids is 2. The summed E-state index contributed by atoms with van der Waals surface area (Å²) in [6, 6.07) is 17.9. The van der Waals surface area contributed by atoms with Crippen molar-refractivity contribution in [2.24, 2.45) is 11.8 Å². The Balaban J connectivity index is 0.000000186. The average molecular weight is 787 g/mol. The Morgan fingerprint density at radius 1 is 0.839 bits per heavy atom. The topological polar surface area (TPSA) is 136 Å². The molecule has 1 saturated heterocycles. The highest BCUT2D eigenvalue weighted by atomic mass is 19.4. The molecule has 298 valence electrons. The van der Waals surface area contributed by atoms with Gasteiger partial charge in [0, 0.05) is 72.7 Å². The summed E-state index contributed by atoms with van der Waals surface area (Å²) >= 11 is 0. The van der Waals surface area contributed by atoms with Gasteiger partial charge >= 0.3 is 24.3 Å². The van der Waals surface area contributed by atoms with Gasteiger partial charge in [0.15, 0.2) is 0 Å². The van der Waals surface area contributed by atoms with Crippen molar-refractivity contribution in [3.63, 3.8) is 0 Å². The van der Waals surface area contributed by atoms with E-state index in [2.05, 4.69) is 22.3 Å². The molecular weight excluding hydrogens is 746 g/mol. The van der Waals surface area contributed by atoms with Gasteiger partial charge in [-0.05, 0) is 47.7 Å². The molecule has 5 aromatic rings. The number of carboxylic acid groups (broad SMARTS) is 2. The van der Waals surface area contributed by atoms with E-state index in [-0.39, 0.29) is 28.2 Å². The first kappa shape index (κ1) is 41.8. The number of alkyl halides is 6. The lowest BCUT2D eigenvalue weighted by Gasteiger charge is -2.43. The number of furan rings is 2. The van der Waals surface area contributed by atoms with Crippen molar-refractivity contribution in [2.75, 3.05) is 26.2 Å². The maximum absolute atomic E-state index is 13.3. The van der Waals surface area contributed by atoms with Gasteiger partial charge < -0.3 is 29.5 Å². The van der Waals surface area contributed by atoms with Crippen molar-refractivity contribution in [1.29, 1.82) is 0 Å². The van der Waals surface area contributed by atoms with Crippen LogP contribution in [-0.2, 0) is 34.1 Å². The Morgan fingerprint density at radius 2 is 1.41 bits per heavy atom. The van der Waals surface area contributed by atoms with Crippen LogP contribution >= 0.6 is 0 Å². The van der Waals surface area contributed by atoms with Crippen molar-refractivity contribution < 1.29 is 60.1 Å². The number of benzene rings is 3. The van der Waals surface area contributed by atoms with Gasteiger partial charge in [-0.2, -0.15) is 26.3 Å². The Hall–Kier alpha value is -5.38. The van der Waals surface area contributed by atoms with Gasteiger partial charge in [-0.15, -0.1) is 0 Å². The van der Waals surface area contributed by atoms with Crippen molar-refractivity contribution >= 4 is 39.5 Å². The molecule has 0 bridgehead atoms. The Kier molecular flexibility index (Phi) is 12.8. The molecule has 0 saturated carbocycles. The maximum atomic E-state index is 13.3. The Bertz CT molecular complexity index is 2190. The first-order valence-electron chi connectivity index (χ1n) is 17.6. The number of halogens is 6. The van der Waals surface area contributed by atoms with Crippen molar-refractivity contribution in [3.8, 4) is 0 Å². The molecule has 15 heteroatoms. The summed E-state index contributed by atoms with van der Waals surface area (Å²) in [7, 11) is 0.